The highest BCUT2D eigenvalue weighted by Gasteiger charge is 2.29. The molecule has 150 valence electrons. The molecule has 0 saturated heterocycles. The van der Waals surface area contributed by atoms with Gasteiger partial charge in [-0.3, -0.25) is 0 Å². The second kappa shape index (κ2) is 7.33. The molecule has 1 fully saturated rings. The van der Waals surface area contributed by atoms with E-state index in [0.717, 1.165) is 55.4 Å². The van der Waals surface area contributed by atoms with Gasteiger partial charge in [-0.05, 0) is 56.7 Å². The third-order valence-electron chi connectivity index (χ3n) is 5.59. The highest BCUT2D eigenvalue weighted by molar-refractivity contribution is 5.52. The lowest BCUT2D eigenvalue weighted by Crippen LogP contribution is -2.32. The number of aliphatic hydroxyl groups is 2. The average Bonchev–Trinajstić information content (AvgIpc) is 3.51. The maximum atomic E-state index is 10.3. The lowest BCUT2D eigenvalue weighted by Gasteiger charge is -2.31. The Morgan fingerprint density at radius 2 is 2.00 bits per heavy atom. The molecule has 28 heavy (non-hydrogen) atoms. The van der Waals surface area contributed by atoms with Crippen LogP contribution in [-0.4, -0.2) is 39.4 Å². The van der Waals surface area contributed by atoms with E-state index in [1.807, 2.05) is 32.9 Å². The molecular formula is C22H30N4O2. The fraction of sp³-hybridized carbons (Fsp3) is 0.545. The monoisotopic (exact) mass is 382 g/mol. The minimum atomic E-state index is -0.818. The third kappa shape index (κ3) is 4.13. The van der Waals surface area contributed by atoms with Gasteiger partial charge in [0.05, 0.1) is 12.2 Å². The van der Waals surface area contributed by atoms with Gasteiger partial charge in [0.15, 0.2) is 0 Å². The fourth-order valence-electron chi connectivity index (χ4n) is 3.64. The van der Waals surface area contributed by atoms with Crippen molar-refractivity contribution in [2.24, 2.45) is 0 Å². The van der Waals surface area contributed by atoms with Gasteiger partial charge in [-0.1, -0.05) is 18.2 Å². The molecule has 1 aliphatic carbocycles. The van der Waals surface area contributed by atoms with Crippen molar-refractivity contribution in [2.45, 2.75) is 64.1 Å². The van der Waals surface area contributed by atoms with Gasteiger partial charge >= 0.3 is 0 Å². The molecular weight excluding hydrogens is 352 g/mol. The molecule has 0 bridgehead atoms. The summed E-state index contributed by atoms with van der Waals surface area (Å²) in [6.07, 6.45) is 3.24. The third-order valence-corrected chi connectivity index (χ3v) is 5.59. The summed E-state index contributed by atoms with van der Waals surface area (Å²) in [6.45, 7) is 7.35. The van der Waals surface area contributed by atoms with E-state index in [1.54, 1.807) is 0 Å². The Bertz CT molecular complexity index is 858. The number of fused-ring (bicyclic) bond motifs is 1. The van der Waals surface area contributed by atoms with E-state index in [2.05, 4.69) is 27.3 Å². The van der Waals surface area contributed by atoms with Crippen molar-refractivity contribution in [2.75, 3.05) is 23.4 Å². The summed E-state index contributed by atoms with van der Waals surface area (Å²) >= 11 is 0. The van der Waals surface area contributed by atoms with Crippen molar-refractivity contribution >= 4 is 11.6 Å². The minimum Gasteiger partial charge on any atom is -0.394 e. The maximum absolute atomic E-state index is 10.3. The van der Waals surface area contributed by atoms with Crippen molar-refractivity contribution in [3.8, 4) is 0 Å². The summed E-state index contributed by atoms with van der Waals surface area (Å²) in [4.78, 5) is 11.8. The quantitative estimate of drug-likeness (QED) is 0.713. The molecule has 2 heterocycles. The van der Waals surface area contributed by atoms with Gasteiger partial charge in [0.1, 0.15) is 17.5 Å². The molecule has 0 unspecified atom stereocenters. The molecule has 6 heteroatoms. The van der Waals surface area contributed by atoms with Crippen LogP contribution in [-0.2, 0) is 18.6 Å². The van der Waals surface area contributed by atoms with Gasteiger partial charge in [-0.25, -0.2) is 9.97 Å². The van der Waals surface area contributed by atoms with Crippen LogP contribution < -0.4 is 10.2 Å². The van der Waals surface area contributed by atoms with E-state index >= 15 is 0 Å². The average molecular weight is 383 g/mol. The zero-order valence-electron chi connectivity index (χ0n) is 16.9. The SMILES string of the molecule is C[C@@H](CO)Nc1cc(N2CCc3cc(C(C)(C)O)ccc3C2)nc(C2CC2)n1. The molecule has 1 aliphatic heterocycles. The van der Waals surface area contributed by atoms with Crippen LogP contribution in [0.1, 0.15) is 62.0 Å². The molecule has 6 nitrogen and oxygen atoms in total. The Morgan fingerprint density at radius 3 is 2.68 bits per heavy atom. The van der Waals surface area contributed by atoms with Gasteiger partial charge in [0.2, 0.25) is 0 Å². The van der Waals surface area contributed by atoms with Crippen LogP contribution >= 0.6 is 0 Å². The predicted octanol–water partition coefficient (Wildman–Crippen LogP) is 2.94. The van der Waals surface area contributed by atoms with E-state index in [9.17, 15) is 10.2 Å². The smallest absolute Gasteiger partial charge is 0.136 e. The van der Waals surface area contributed by atoms with Crippen LogP contribution in [0.4, 0.5) is 11.6 Å². The number of hydrogen-bond donors (Lipinski definition) is 3. The predicted molar refractivity (Wildman–Crippen MR) is 111 cm³/mol. The highest BCUT2D eigenvalue weighted by Crippen LogP contribution is 2.39. The van der Waals surface area contributed by atoms with Crippen molar-refractivity contribution < 1.29 is 10.2 Å². The first-order chi connectivity index (χ1) is 13.3. The highest BCUT2D eigenvalue weighted by atomic mass is 16.3. The number of benzene rings is 1. The zero-order chi connectivity index (χ0) is 19.9. The number of anilines is 2. The summed E-state index contributed by atoms with van der Waals surface area (Å²) in [5, 5.41) is 22.9. The van der Waals surface area contributed by atoms with E-state index in [1.165, 1.54) is 11.1 Å². The molecule has 1 saturated carbocycles. The van der Waals surface area contributed by atoms with Gasteiger partial charge in [0.25, 0.3) is 0 Å². The van der Waals surface area contributed by atoms with E-state index in [0.29, 0.717) is 5.92 Å². The Hall–Kier alpha value is -2.18. The molecule has 1 aromatic carbocycles. The van der Waals surface area contributed by atoms with Gasteiger partial charge in [-0.15, -0.1) is 0 Å². The summed E-state index contributed by atoms with van der Waals surface area (Å²) in [6, 6.07) is 8.24. The normalized spacial score (nSPS) is 18.0. The molecule has 1 atom stereocenters. The number of nitrogens with zero attached hydrogens (tertiary/aromatic N) is 3. The largest absolute Gasteiger partial charge is 0.394 e. The van der Waals surface area contributed by atoms with Crippen molar-refractivity contribution in [1.29, 1.82) is 0 Å². The van der Waals surface area contributed by atoms with Crippen molar-refractivity contribution in [3.63, 3.8) is 0 Å². The van der Waals surface area contributed by atoms with Gasteiger partial charge in [0, 0.05) is 31.1 Å². The summed E-state index contributed by atoms with van der Waals surface area (Å²) in [5.74, 6) is 3.11. The first-order valence-electron chi connectivity index (χ1n) is 10.2. The fourth-order valence-corrected chi connectivity index (χ4v) is 3.64. The zero-order valence-corrected chi connectivity index (χ0v) is 16.9. The van der Waals surface area contributed by atoms with Gasteiger partial charge in [-0.2, -0.15) is 0 Å². The van der Waals surface area contributed by atoms with E-state index in [4.69, 9.17) is 4.98 Å². The topological polar surface area (TPSA) is 81.5 Å². The first-order valence-corrected chi connectivity index (χ1v) is 10.2. The summed E-state index contributed by atoms with van der Waals surface area (Å²) in [5.41, 5.74) is 2.73. The Labute approximate surface area is 166 Å². The lowest BCUT2D eigenvalue weighted by atomic mass is 9.91. The second-order valence-electron chi connectivity index (χ2n) is 8.69. The molecule has 0 spiro atoms. The number of hydrogen-bond acceptors (Lipinski definition) is 6. The van der Waals surface area contributed by atoms with Crippen LogP contribution in [0.25, 0.3) is 0 Å². The Balaban J connectivity index is 1.59. The van der Waals surface area contributed by atoms with Gasteiger partial charge < -0.3 is 20.4 Å². The maximum Gasteiger partial charge on any atom is 0.136 e. The van der Waals surface area contributed by atoms with Crippen LogP contribution in [0, 0.1) is 0 Å². The molecule has 0 amide bonds. The Kier molecular flexibility index (Phi) is 5.02. The molecule has 2 aromatic rings. The van der Waals surface area contributed by atoms with Crippen LogP contribution in [0.3, 0.4) is 0 Å². The number of aliphatic hydroxyl groups excluding tert-OH is 1. The van der Waals surface area contributed by atoms with Crippen molar-refractivity contribution in [3.05, 3.63) is 46.8 Å². The summed E-state index contributed by atoms with van der Waals surface area (Å²) in [7, 11) is 0. The number of rotatable bonds is 6. The summed E-state index contributed by atoms with van der Waals surface area (Å²) < 4.78 is 0. The lowest BCUT2D eigenvalue weighted by molar-refractivity contribution is 0.0785. The van der Waals surface area contributed by atoms with E-state index in [-0.39, 0.29) is 12.6 Å². The van der Waals surface area contributed by atoms with Crippen LogP contribution in [0.2, 0.25) is 0 Å². The molecule has 1 aromatic heterocycles. The molecule has 4 rings (SSSR count). The number of nitrogens with one attached hydrogen (secondary N) is 1. The van der Waals surface area contributed by atoms with Crippen LogP contribution in [0.5, 0.6) is 0 Å². The first kappa shape index (κ1) is 19.2. The van der Waals surface area contributed by atoms with E-state index < -0.39 is 5.60 Å². The van der Waals surface area contributed by atoms with Crippen molar-refractivity contribution in [1.82, 2.24) is 9.97 Å². The number of aromatic nitrogens is 2. The minimum absolute atomic E-state index is 0.0443. The second-order valence-corrected chi connectivity index (χ2v) is 8.69. The molecule has 0 radical (unpaired) electrons. The Morgan fingerprint density at radius 1 is 1.21 bits per heavy atom. The molecule has 2 aliphatic rings. The molecule has 3 N–H and O–H groups in total. The van der Waals surface area contributed by atoms with Crippen LogP contribution in [0.15, 0.2) is 24.3 Å². The standard InChI is InChI=1S/C22H30N4O2/c1-14(13-27)23-19-11-20(25-21(24-19)15-4-5-15)26-9-8-16-10-18(22(2,3)28)7-6-17(16)12-26/h6-7,10-11,14-15,27-28H,4-5,8-9,12-13H2,1-3H3,(H,23,24,25)/t14-/m0/s1.